The number of nitrogens with zero attached hydrogens (tertiary/aromatic N) is 2. The van der Waals surface area contributed by atoms with Gasteiger partial charge in [0.25, 0.3) is 0 Å². The minimum atomic E-state index is -0.486. The second kappa shape index (κ2) is 8.04. The number of ether oxygens (including phenoxy) is 1. The molecule has 1 N–H and O–H groups in total. The number of methoxy groups -OCH3 is 1. The normalized spacial score (nSPS) is 29.8. The van der Waals surface area contributed by atoms with Gasteiger partial charge in [-0.2, -0.15) is 0 Å². The van der Waals surface area contributed by atoms with Crippen molar-refractivity contribution in [3.63, 3.8) is 0 Å². The van der Waals surface area contributed by atoms with E-state index in [1.807, 2.05) is 4.90 Å². The number of rotatable bonds is 5. The third-order valence-electron chi connectivity index (χ3n) is 6.44. The average Bonchev–Trinajstić information content (AvgIpc) is 3.31. The van der Waals surface area contributed by atoms with Gasteiger partial charge in [0.15, 0.2) is 0 Å². The van der Waals surface area contributed by atoms with Crippen molar-refractivity contribution < 1.29 is 14.3 Å². The fourth-order valence-electron chi connectivity index (χ4n) is 5.23. The van der Waals surface area contributed by atoms with Crippen LogP contribution in [-0.4, -0.2) is 73.1 Å². The van der Waals surface area contributed by atoms with Crippen molar-refractivity contribution in [2.45, 2.75) is 75.4 Å². The Labute approximate surface area is 151 Å². The van der Waals surface area contributed by atoms with E-state index in [1.165, 1.54) is 6.42 Å². The van der Waals surface area contributed by atoms with Crippen LogP contribution in [0.2, 0.25) is 0 Å². The van der Waals surface area contributed by atoms with Crippen LogP contribution < -0.4 is 5.32 Å². The van der Waals surface area contributed by atoms with Gasteiger partial charge < -0.3 is 15.0 Å². The molecule has 0 aromatic rings. The van der Waals surface area contributed by atoms with Crippen LogP contribution in [0.1, 0.15) is 57.8 Å². The van der Waals surface area contributed by atoms with E-state index < -0.39 is 5.54 Å². The van der Waals surface area contributed by atoms with Crippen molar-refractivity contribution in [2.24, 2.45) is 0 Å². The monoisotopic (exact) mass is 351 g/mol. The minimum absolute atomic E-state index is 0.0989. The molecule has 3 rings (SSSR count). The van der Waals surface area contributed by atoms with Crippen molar-refractivity contribution in [1.29, 1.82) is 0 Å². The van der Waals surface area contributed by atoms with E-state index >= 15 is 0 Å². The lowest BCUT2D eigenvalue weighted by Crippen LogP contribution is -2.63. The van der Waals surface area contributed by atoms with E-state index in [0.717, 1.165) is 64.5 Å². The molecule has 0 aromatic heterocycles. The minimum Gasteiger partial charge on any atom is -0.383 e. The molecule has 0 bridgehead atoms. The molecule has 0 radical (unpaired) electrons. The van der Waals surface area contributed by atoms with Crippen LogP contribution in [0.5, 0.6) is 0 Å². The Bertz CT molecular complexity index is 490. The molecular weight excluding hydrogens is 318 g/mol. The first-order chi connectivity index (χ1) is 12.1. The smallest absolute Gasteiger partial charge is 0.240 e. The molecule has 2 saturated heterocycles. The van der Waals surface area contributed by atoms with Crippen molar-refractivity contribution in [1.82, 2.24) is 15.1 Å². The first-order valence-electron chi connectivity index (χ1n) is 9.92. The summed E-state index contributed by atoms with van der Waals surface area (Å²) in [4.78, 5) is 30.5. The predicted octanol–water partition coefficient (Wildman–Crippen LogP) is 1.54. The lowest BCUT2D eigenvalue weighted by Gasteiger charge is -2.46. The molecule has 6 nitrogen and oxygen atoms in total. The van der Waals surface area contributed by atoms with E-state index in [0.29, 0.717) is 6.61 Å². The maximum atomic E-state index is 13.3. The maximum Gasteiger partial charge on any atom is 0.240 e. The van der Waals surface area contributed by atoms with Crippen molar-refractivity contribution in [2.75, 3.05) is 33.9 Å². The van der Waals surface area contributed by atoms with Gasteiger partial charge in [0.05, 0.1) is 18.7 Å². The number of hydrogen-bond donors (Lipinski definition) is 1. The van der Waals surface area contributed by atoms with Crippen LogP contribution >= 0.6 is 0 Å². The van der Waals surface area contributed by atoms with E-state index in [4.69, 9.17) is 4.74 Å². The first-order valence-corrected chi connectivity index (χ1v) is 9.92. The van der Waals surface area contributed by atoms with Crippen LogP contribution in [0.4, 0.5) is 0 Å². The highest BCUT2D eigenvalue weighted by Crippen LogP contribution is 2.39. The summed E-state index contributed by atoms with van der Waals surface area (Å²) in [5.74, 6) is 0.313. The summed E-state index contributed by atoms with van der Waals surface area (Å²) < 4.78 is 5.32. The Morgan fingerprint density at radius 1 is 1.08 bits per heavy atom. The molecule has 2 aliphatic heterocycles. The van der Waals surface area contributed by atoms with Gasteiger partial charge >= 0.3 is 0 Å². The fourth-order valence-corrected chi connectivity index (χ4v) is 5.23. The van der Waals surface area contributed by atoms with E-state index in [2.05, 4.69) is 10.2 Å². The topological polar surface area (TPSA) is 61.9 Å². The number of hydrogen-bond acceptors (Lipinski definition) is 4. The number of likely N-dealkylation sites (tertiary alicyclic amines) is 2. The standard InChI is InChI=1S/C19H33N3O3/c1-20-18(24)19(10-4-3-5-11-19)22-13-7-9-16(22)17(23)21-12-6-8-15(21)14-25-2/h15-16H,3-14H2,1-2H3,(H,20,24)/t15-,16+/m1/s1. The second-order valence-corrected chi connectivity index (χ2v) is 7.81. The van der Waals surface area contributed by atoms with E-state index in [9.17, 15) is 9.59 Å². The van der Waals surface area contributed by atoms with Gasteiger partial charge in [-0.15, -0.1) is 0 Å². The van der Waals surface area contributed by atoms with Crippen molar-refractivity contribution in [3.05, 3.63) is 0 Å². The van der Waals surface area contributed by atoms with Crippen LogP contribution in [0.3, 0.4) is 0 Å². The second-order valence-electron chi connectivity index (χ2n) is 7.81. The van der Waals surface area contributed by atoms with Crippen molar-refractivity contribution in [3.8, 4) is 0 Å². The predicted molar refractivity (Wildman–Crippen MR) is 96.2 cm³/mol. The average molecular weight is 351 g/mol. The fraction of sp³-hybridized carbons (Fsp3) is 0.895. The Morgan fingerprint density at radius 3 is 2.48 bits per heavy atom. The Morgan fingerprint density at radius 2 is 1.80 bits per heavy atom. The lowest BCUT2D eigenvalue weighted by molar-refractivity contribution is -0.146. The molecule has 0 spiro atoms. The number of likely N-dealkylation sites (N-methyl/N-ethyl adjacent to an activating group) is 1. The zero-order valence-corrected chi connectivity index (χ0v) is 15.8. The SMILES string of the molecule is CNC(=O)C1(N2CCC[C@H]2C(=O)N2CCC[C@@H]2COC)CCCCC1. The van der Waals surface area contributed by atoms with Crippen LogP contribution in [0.15, 0.2) is 0 Å². The van der Waals surface area contributed by atoms with Crippen LogP contribution in [0, 0.1) is 0 Å². The molecule has 1 saturated carbocycles. The van der Waals surface area contributed by atoms with Gasteiger partial charge in [0, 0.05) is 27.2 Å². The highest BCUT2D eigenvalue weighted by atomic mass is 16.5. The maximum absolute atomic E-state index is 13.3. The molecule has 2 atom stereocenters. The van der Waals surface area contributed by atoms with Crippen LogP contribution in [0.25, 0.3) is 0 Å². The molecule has 6 heteroatoms. The molecule has 1 aliphatic carbocycles. The molecule has 0 unspecified atom stereocenters. The molecule has 2 heterocycles. The quantitative estimate of drug-likeness (QED) is 0.816. The highest BCUT2D eigenvalue weighted by molar-refractivity contribution is 5.89. The summed E-state index contributed by atoms with van der Waals surface area (Å²) >= 11 is 0. The van der Waals surface area contributed by atoms with Crippen molar-refractivity contribution >= 4 is 11.8 Å². The molecule has 142 valence electrons. The Balaban J connectivity index is 1.81. The molecule has 25 heavy (non-hydrogen) atoms. The third-order valence-corrected chi connectivity index (χ3v) is 6.44. The molecule has 3 aliphatic rings. The Kier molecular flexibility index (Phi) is 6.00. The van der Waals surface area contributed by atoms with Gasteiger partial charge in [-0.3, -0.25) is 14.5 Å². The highest BCUT2D eigenvalue weighted by Gasteiger charge is 2.51. The first kappa shape index (κ1) is 18.6. The molecular formula is C19H33N3O3. The van der Waals surface area contributed by atoms with Gasteiger partial charge in [-0.1, -0.05) is 19.3 Å². The lowest BCUT2D eigenvalue weighted by atomic mass is 9.79. The summed E-state index contributed by atoms with van der Waals surface area (Å²) in [5.41, 5.74) is -0.486. The van der Waals surface area contributed by atoms with Gasteiger partial charge in [0.1, 0.15) is 5.54 Å². The molecule has 0 aromatic carbocycles. The number of amides is 2. The number of nitrogens with one attached hydrogen (secondary N) is 1. The third kappa shape index (κ3) is 3.43. The molecule has 3 fully saturated rings. The summed E-state index contributed by atoms with van der Waals surface area (Å²) in [7, 11) is 3.42. The van der Waals surface area contributed by atoms with Gasteiger partial charge in [-0.05, 0) is 38.5 Å². The Hall–Kier alpha value is -1.14. The zero-order valence-electron chi connectivity index (χ0n) is 15.8. The number of carbonyl (C=O) groups excluding carboxylic acids is 2. The largest absolute Gasteiger partial charge is 0.383 e. The summed E-state index contributed by atoms with van der Waals surface area (Å²) in [6.07, 6.45) is 9.01. The summed E-state index contributed by atoms with van der Waals surface area (Å²) in [6.45, 7) is 2.29. The summed E-state index contributed by atoms with van der Waals surface area (Å²) in [5, 5.41) is 2.89. The number of carbonyl (C=O) groups is 2. The van der Waals surface area contributed by atoms with Gasteiger partial charge in [0.2, 0.25) is 11.8 Å². The van der Waals surface area contributed by atoms with E-state index in [-0.39, 0.29) is 23.9 Å². The van der Waals surface area contributed by atoms with Crippen LogP contribution in [-0.2, 0) is 14.3 Å². The summed E-state index contributed by atoms with van der Waals surface area (Å²) in [6, 6.07) is 0.0510. The molecule has 2 amide bonds. The van der Waals surface area contributed by atoms with Gasteiger partial charge in [-0.25, -0.2) is 0 Å². The zero-order chi connectivity index (χ0) is 17.9. The van der Waals surface area contributed by atoms with E-state index in [1.54, 1.807) is 14.2 Å².